The smallest absolute Gasteiger partial charge is 0.220 e. The van der Waals surface area contributed by atoms with Crippen LogP contribution in [-0.2, 0) is 11.3 Å². The number of nitrogens with zero attached hydrogens (tertiary/aromatic N) is 2. The molecule has 1 amide bonds. The Bertz CT molecular complexity index is 348. The van der Waals surface area contributed by atoms with Crippen LogP contribution in [-0.4, -0.2) is 28.8 Å². The van der Waals surface area contributed by atoms with Crippen molar-refractivity contribution in [3.05, 3.63) is 18.5 Å². The van der Waals surface area contributed by atoms with Gasteiger partial charge in [0.2, 0.25) is 5.91 Å². The van der Waals surface area contributed by atoms with E-state index in [9.17, 15) is 4.79 Å². The van der Waals surface area contributed by atoms with Crippen LogP contribution in [0.4, 0.5) is 0 Å². The minimum atomic E-state index is 0.120. The Labute approximate surface area is 115 Å². The number of aromatic nitrogens is 2. The number of hydrogen-bond acceptors (Lipinski definition) is 3. The van der Waals surface area contributed by atoms with E-state index in [1.165, 1.54) is 0 Å². The third-order valence-electron chi connectivity index (χ3n) is 3.44. The quantitative estimate of drug-likeness (QED) is 0.709. The molecule has 1 aromatic heterocycles. The highest BCUT2D eigenvalue weighted by Crippen LogP contribution is 2.20. The van der Waals surface area contributed by atoms with Crippen molar-refractivity contribution in [1.29, 1.82) is 0 Å². The number of amides is 1. The summed E-state index contributed by atoms with van der Waals surface area (Å²) in [5, 5.41) is 7.01. The normalized spacial score (nSPS) is 12.6. The van der Waals surface area contributed by atoms with Crippen molar-refractivity contribution in [2.45, 2.75) is 39.7 Å². The van der Waals surface area contributed by atoms with Crippen molar-refractivity contribution in [3.8, 4) is 0 Å². The van der Waals surface area contributed by atoms with E-state index >= 15 is 0 Å². The Morgan fingerprint density at radius 2 is 2.21 bits per heavy atom. The molecule has 0 aromatic carbocycles. The summed E-state index contributed by atoms with van der Waals surface area (Å²) >= 11 is 0. The second kappa shape index (κ2) is 8.69. The Morgan fingerprint density at radius 3 is 2.79 bits per heavy atom. The number of nitrogens with one attached hydrogen (secondary N) is 1. The molecule has 1 atom stereocenters. The summed E-state index contributed by atoms with van der Waals surface area (Å²) in [6.45, 7) is 6.43. The van der Waals surface area contributed by atoms with Gasteiger partial charge in [-0.25, -0.2) is 0 Å². The van der Waals surface area contributed by atoms with Crippen molar-refractivity contribution >= 4 is 5.91 Å². The van der Waals surface area contributed by atoms with Crippen LogP contribution >= 0.6 is 0 Å². The fourth-order valence-corrected chi connectivity index (χ4v) is 2.17. The molecule has 0 bridgehead atoms. The molecule has 0 aliphatic rings. The summed E-state index contributed by atoms with van der Waals surface area (Å²) in [4.78, 5) is 11.7. The van der Waals surface area contributed by atoms with Gasteiger partial charge in [-0.15, -0.1) is 0 Å². The molecule has 3 N–H and O–H groups in total. The molecule has 0 saturated carbocycles. The summed E-state index contributed by atoms with van der Waals surface area (Å²) in [5.41, 5.74) is 5.60. The zero-order valence-corrected chi connectivity index (χ0v) is 12.0. The highest BCUT2D eigenvalue weighted by Gasteiger charge is 2.14. The molecule has 108 valence electrons. The minimum Gasteiger partial charge on any atom is -0.354 e. The number of nitrogens with two attached hydrogens (primary N) is 1. The molecule has 1 unspecified atom stereocenters. The van der Waals surface area contributed by atoms with Gasteiger partial charge in [-0.3, -0.25) is 9.48 Å². The summed E-state index contributed by atoms with van der Waals surface area (Å²) in [5.74, 6) is 1.25. The summed E-state index contributed by atoms with van der Waals surface area (Å²) in [7, 11) is 0. The first-order chi connectivity index (χ1) is 9.13. The fraction of sp³-hybridized carbons (Fsp3) is 0.714. The number of hydrogen-bond donors (Lipinski definition) is 2. The molecule has 0 radical (unpaired) electrons. The zero-order chi connectivity index (χ0) is 14.1. The average molecular weight is 266 g/mol. The van der Waals surface area contributed by atoms with Crippen LogP contribution in [0.5, 0.6) is 0 Å². The van der Waals surface area contributed by atoms with Gasteiger partial charge in [0.25, 0.3) is 0 Å². The lowest BCUT2D eigenvalue weighted by Gasteiger charge is -2.19. The van der Waals surface area contributed by atoms with Crippen LogP contribution in [0.15, 0.2) is 18.5 Å². The van der Waals surface area contributed by atoms with Crippen LogP contribution in [0.25, 0.3) is 0 Å². The molecule has 0 aliphatic carbocycles. The van der Waals surface area contributed by atoms with Crippen molar-refractivity contribution < 1.29 is 4.79 Å². The van der Waals surface area contributed by atoms with Gasteiger partial charge in [0.15, 0.2) is 0 Å². The molecule has 0 fully saturated rings. The fourth-order valence-electron chi connectivity index (χ4n) is 2.17. The van der Waals surface area contributed by atoms with Gasteiger partial charge in [0, 0.05) is 25.4 Å². The van der Waals surface area contributed by atoms with E-state index in [-0.39, 0.29) is 5.91 Å². The number of rotatable bonds is 9. The van der Waals surface area contributed by atoms with Gasteiger partial charge in [0.1, 0.15) is 0 Å². The lowest BCUT2D eigenvalue weighted by Crippen LogP contribution is -2.28. The molecule has 0 aliphatic heterocycles. The maximum atomic E-state index is 11.7. The van der Waals surface area contributed by atoms with Crippen molar-refractivity contribution in [2.24, 2.45) is 17.6 Å². The van der Waals surface area contributed by atoms with Crippen molar-refractivity contribution in [2.75, 3.05) is 13.1 Å². The average Bonchev–Trinajstić information content (AvgIpc) is 2.87. The molecule has 5 heteroatoms. The first kappa shape index (κ1) is 15.7. The first-order valence-electron chi connectivity index (χ1n) is 7.07. The predicted molar refractivity (Wildman–Crippen MR) is 76.5 cm³/mol. The van der Waals surface area contributed by atoms with Gasteiger partial charge in [0.05, 0.1) is 6.54 Å². The molecule has 1 rings (SSSR count). The Hall–Kier alpha value is -1.36. The Morgan fingerprint density at radius 1 is 1.42 bits per heavy atom. The van der Waals surface area contributed by atoms with Crippen LogP contribution in [0.3, 0.4) is 0 Å². The first-order valence-corrected chi connectivity index (χ1v) is 7.07. The summed E-state index contributed by atoms with van der Waals surface area (Å²) < 4.78 is 1.81. The van der Waals surface area contributed by atoms with E-state index in [0.29, 0.717) is 31.3 Å². The van der Waals surface area contributed by atoms with Gasteiger partial charge in [-0.05, 0) is 37.3 Å². The highest BCUT2D eigenvalue weighted by molar-refractivity contribution is 5.75. The summed E-state index contributed by atoms with van der Waals surface area (Å²) in [6, 6.07) is 1.88. The Balaban J connectivity index is 2.16. The van der Waals surface area contributed by atoms with Gasteiger partial charge < -0.3 is 11.1 Å². The standard InChI is InChI=1S/C14H26N4O/c1-12(2)13(6-7-15)4-5-14(19)16-9-11-18-10-3-8-17-18/h3,8,10,12-13H,4-7,9,11,15H2,1-2H3,(H,16,19). The van der Waals surface area contributed by atoms with E-state index in [1.54, 1.807) is 6.20 Å². The lowest BCUT2D eigenvalue weighted by molar-refractivity contribution is -0.121. The lowest BCUT2D eigenvalue weighted by atomic mass is 9.88. The van der Waals surface area contributed by atoms with Gasteiger partial charge in [-0.1, -0.05) is 13.8 Å². The third kappa shape index (κ3) is 6.38. The number of carbonyl (C=O) groups excluding carboxylic acids is 1. The second-order valence-corrected chi connectivity index (χ2v) is 5.24. The Kier molecular flexibility index (Phi) is 7.18. The second-order valence-electron chi connectivity index (χ2n) is 5.24. The van der Waals surface area contributed by atoms with Gasteiger partial charge >= 0.3 is 0 Å². The monoisotopic (exact) mass is 266 g/mol. The van der Waals surface area contributed by atoms with E-state index in [1.807, 2.05) is 16.9 Å². The van der Waals surface area contributed by atoms with E-state index < -0.39 is 0 Å². The van der Waals surface area contributed by atoms with Crippen LogP contribution in [0, 0.1) is 11.8 Å². The predicted octanol–water partition coefficient (Wildman–Crippen LogP) is 1.40. The molecular formula is C14H26N4O. The van der Waals surface area contributed by atoms with E-state index in [2.05, 4.69) is 24.3 Å². The molecule has 5 nitrogen and oxygen atoms in total. The highest BCUT2D eigenvalue weighted by atomic mass is 16.1. The van der Waals surface area contributed by atoms with E-state index in [0.717, 1.165) is 19.4 Å². The maximum Gasteiger partial charge on any atom is 0.220 e. The zero-order valence-electron chi connectivity index (χ0n) is 12.0. The van der Waals surface area contributed by atoms with Crippen LogP contribution in [0.1, 0.15) is 33.1 Å². The van der Waals surface area contributed by atoms with Crippen LogP contribution < -0.4 is 11.1 Å². The van der Waals surface area contributed by atoms with Crippen LogP contribution in [0.2, 0.25) is 0 Å². The number of carbonyl (C=O) groups is 1. The van der Waals surface area contributed by atoms with Gasteiger partial charge in [-0.2, -0.15) is 5.10 Å². The molecule has 0 saturated heterocycles. The maximum absolute atomic E-state index is 11.7. The van der Waals surface area contributed by atoms with E-state index in [4.69, 9.17) is 5.73 Å². The van der Waals surface area contributed by atoms with Crippen molar-refractivity contribution in [3.63, 3.8) is 0 Å². The third-order valence-corrected chi connectivity index (χ3v) is 3.44. The topological polar surface area (TPSA) is 72.9 Å². The molecule has 19 heavy (non-hydrogen) atoms. The SMILES string of the molecule is CC(C)C(CCN)CCC(=O)NCCn1cccn1. The molecule has 0 spiro atoms. The minimum absolute atomic E-state index is 0.120. The molecular weight excluding hydrogens is 240 g/mol. The largest absolute Gasteiger partial charge is 0.354 e. The molecule has 1 heterocycles. The molecule has 1 aromatic rings. The summed E-state index contributed by atoms with van der Waals surface area (Å²) in [6.07, 6.45) is 6.13. The van der Waals surface area contributed by atoms with Crippen molar-refractivity contribution in [1.82, 2.24) is 15.1 Å².